The van der Waals surface area contributed by atoms with Gasteiger partial charge in [-0.05, 0) is 51.7 Å². The van der Waals surface area contributed by atoms with E-state index in [2.05, 4.69) is 0 Å². The number of hydrogen-bond donors (Lipinski definition) is 0. The average Bonchev–Trinajstić information content (AvgIpc) is 2.68. The number of rotatable bonds is 6. The van der Waals surface area contributed by atoms with Gasteiger partial charge in [0, 0.05) is 13.7 Å². The summed E-state index contributed by atoms with van der Waals surface area (Å²) in [6, 6.07) is 6.81. The van der Waals surface area contributed by atoms with Crippen LogP contribution in [0.5, 0.6) is 0 Å². The number of benzene rings is 1. The zero-order valence-corrected chi connectivity index (χ0v) is 15.3. The van der Waals surface area contributed by atoms with Gasteiger partial charge >= 0.3 is 7.12 Å². The zero-order valence-electron chi connectivity index (χ0n) is 14.5. The van der Waals surface area contributed by atoms with Crippen LogP contribution in [0.4, 0.5) is 0 Å². The fourth-order valence-electron chi connectivity index (χ4n) is 2.34. The van der Waals surface area contributed by atoms with Crippen molar-refractivity contribution in [2.75, 3.05) is 19.5 Å². The fourth-order valence-corrected chi connectivity index (χ4v) is 3.68. The van der Waals surface area contributed by atoms with Gasteiger partial charge in [-0.2, -0.15) is 0 Å². The molecule has 0 aliphatic carbocycles. The molecule has 0 spiro atoms. The van der Waals surface area contributed by atoms with E-state index < -0.39 is 28.2 Å². The zero-order chi connectivity index (χ0) is 17.3. The van der Waals surface area contributed by atoms with Crippen LogP contribution in [0.25, 0.3) is 0 Å². The lowest BCUT2D eigenvalue weighted by molar-refractivity contribution is 0.00578. The highest BCUT2D eigenvalue weighted by Gasteiger charge is 2.51. The van der Waals surface area contributed by atoms with Crippen molar-refractivity contribution in [3.63, 3.8) is 0 Å². The summed E-state index contributed by atoms with van der Waals surface area (Å²) in [5.41, 5.74) is -0.188. The van der Waals surface area contributed by atoms with Gasteiger partial charge in [0.25, 0.3) is 0 Å². The lowest BCUT2D eigenvalue weighted by atomic mass is 9.79. The first-order valence-electron chi connectivity index (χ1n) is 7.76. The molecule has 1 aromatic rings. The van der Waals surface area contributed by atoms with Crippen molar-refractivity contribution >= 4 is 22.4 Å². The third-order valence-corrected chi connectivity index (χ3v) is 6.30. The summed E-state index contributed by atoms with van der Waals surface area (Å²) < 4.78 is 41.7. The van der Waals surface area contributed by atoms with Crippen LogP contribution in [0.3, 0.4) is 0 Å². The van der Waals surface area contributed by atoms with Crippen LogP contribution < -0.4 is 5.46 Å². The quantitative estimate of drug-likeness (QED) is 0.584. The molecule has 1 saturated heterocycles. The summed E-state index contributed by atoms with van der Waals surface area (Å²) in [7, 11) is -2.33. The maximum absolute atomic E-state index is 12.4. The van der Waals surface area contributed by atoms with Gasteiger partial charge in [0.2, 0.25) is 0 Å². The number of hydrogen-bond acceptors (Lipinski definition) is 5. The summed E-state index contributed by atoms with van der Waals surface area (Å²) in [4.78, 5) is 0.292. The van der Waals surface area contributed by atoms with Gasteiger partial charge < -0.3 is 14.0 Å². The van der Waals surface area contributed by atoms with Gasteiger partial charge in [-0.15, -0.1) is 0 Å². The van der Waals surface area contributed by atoms with Crippen molar-refractivity contribution in [1.29, 1.82) is 0 Å². The molecule has 0 saturated carbocycles. The van der Waals surface area contributed by atoms with Crippen molar-refractivity contribution < 1.29 is 22.5 Å². The highest BCUT2D eigenvalue weighted by molar-refractivity contribution is 7.91. The summed E-state index contributed by atoms with van der Waals surface area (Å²) in [5, 5.41) is 0. The Balaban J connectivity index is 2.21. The van der Waals surface area contributed by atoms with Crippen molar-refractivity contribution in [2.45, 2.75) is 50.2 Å². The first-order valence-corrected chi connectivity index (χ1v) is 9.42. The minimum atomic E-state index is -3.33. The molecule has 1 aliphatic rings. The van der Waals surface area contributed by atoms with Gasteiger partial charge in [0.1, 0.15) is 0 Å². The lowest BCUT2D eigenvalue weighted by Crippen LogP contribution is -2.41. The smallest absolute Gasteiger partial charge is 0.399 e. The second-order valence-electron chi connectivity index (χ2n) is 6.83. The Morgan fingerprint density at radius 1 is 1.13 bits per heavy atom. The molecule has 0 atom stereocenters. The highest BCUT2D eigenvalue weighted by atomic mass is 32.2. The molecule has 1 aliphatic heterocycles. The first-order chi connectivity index (χ1) is 10.6. The highest BCUT2D eigenvalue weighted by Crippen LogP contribution is 2.36. The molecule has 1 aromatic carbocycles. The second kappa shape index (κ2) is 6.55. The van der Waals surface area contributed by atoms with Crippen molar-refractivity contribution in [3.8, 4) is 0 Å². The van der Waals surface area contributed by atoms with Gasteiger partial charge in [-0.25, -0.2) is 8.42 Å². The van der Waals surface area contributed by atoms with E-state index in [0.29, 0.717) is 17.9 Å². The van der Waals surface area contributed by atoms with Crippen molar-refractivity contribution in [1.82, 2.24) is 0 Å². The average molecular weight is 340 g/mol. The predicted molar refractivity (Wildman–Crippen MR) is 90.7 cm³/mol. The van der Waals surface area contributed by atoms with Crippen LogP contribution in [0.2, 0.25) is 0 Å². The van der Waals surface area contributed by atoms with Crippen LogP contribution in [0.15, 0.2) is 29.2 Å². The fraction of sp³-hybridized carbons (Fsp3) is 0.625. The summed E-state index contributed by atoms with van der Waals surface area (Å²) >= 11 is 0. The predicted octanol–water partition coefficient (Wildman–Crippen LogP) is 1.80. The maximum Gasteiger partial charge on any atom is 0.494 e. The molecule has 0 bridgehead atoms. The van der Waals surface area contributed by atoms with Crippen molar-refractivity contribution in [3.05, 3.63) is 24.3 Å². The van der Waals surface area contributed by atoms with E-state index in [1.807, 2.05) is 33.8 Å². The minimum absolute atomic E-state index is 0.0632. The van der Waals surface area contributed by atoms with E-state index >= 15 is 0 Å². The molecule has 0 amide bonds. The maximum atomic E-state index is 12.4. The molecule has 5 nitrogen and oxygen atoms in total. The SMILES string of the molecule is COCCCS(=O)(=O)c1cccc(B2OC(C)(C)C(C)(C)O2)c1. The van der Waals surface area contributed by atoms with Crippen LogP contribution >= 0.6 is 0 Å². The van der Waals surface area contributed by atoms with E-state index in [1.54, 1.807) is 25.3 Å². The van der Waals surface area contributed by atoms with Gasteiger partial charge in [0.05, 0.1) is 21.9 Å². The van der Waals surface area contributed by atoms with E-state index in [-0.39, 0.29) is 5.75 Å². The summed E-state index contributed by atoms with van der Waals surface area (Å²) in [6.07, 6.45) is 0.472. The second-order valence-corrected chi connectivity index (χ2v) is 8.94. The van der Waals surface area contributed by atoms with Crippen LogP contribution in [-0.4, -0.2) is 46.2 Å². The summed E-state index contributed by atoms with van der Waals surface area (Å²) in [6.45, 7) is 8.31. The number of sulfone groups is 1. The molecule has 2 rings (SSSR count). The van der Waals surface area contributed by atoms with E-state index in [9.17, 15) is 8.42 Å². The Hall–Kier alpha value is -0.885. The molecule has 0 N–H and O–H groups in total. The molecular formula is C16H25BO5S. The van der Waals surface area contributed by atoms with E-state index in [4.69, 9.17) is 14.0 Å². The lowest BCUT2D eigenvalue weighted by Gasteiger charge is -2.32. The Bertz CT molecular complexity index is 638. The van der Waals surface area contributed by atoms with Gasteiger partial charge in [0.15, 0.2) is 9.84 Å². The number of ether oxygens (including phenoxy) is 1. The molecular weight excluding hydrogens is 315 g/mol. The Morgan fingerprint density at radius 3 is 2.30 bits per heavy atom. The third-order valence-electron chi connectivity index (χ3n) is 4.50. The molecule has 1 fully saturated rings. The number of methoxy groups -OCH3 is 1. The van der Waals surface area contributed by atoms with Crippen LogP contribution in [-0.2, 0) is 23.9 Å². The first kappa shape index (κ1) is 18.5. The van der Waals surface area contributed by atoms with Gasteiger partial charge in [-0.1, -0.05) is 12.1 Å². The Labute approximate surface area is 139 Å². The Kier molecular flexibility index (Phi) is 5.26. The monoisotopic (exact) mass is 340 g/mol. The van der Waals surface area contributed by atoms with Crippen LogP contribution in [0.1, 0.15) is 34.1 Å². The Morgan fingerprint density at radius 2 is 1.74 bits per heavy atom. The molecule has 0 aromatic heterocycles. The summed E-state index contributed by atoms with van der Waals surface area (Å²) in [5.74, 6) is 0.0632. The van der Waals surface area contributed by atoms with Gasteiger partial charge in [-0.3, -0.25) is 0 Å². The third kappa shape index (κ3) is 3.96. The van der Waals surface area contributed by atoms with Crippen molar-refractivity contribution in [2.24, 2.45) is 0 Å². The minimum Gasteiger partial charge on any atom is -0.399 e. The van der Waals surface area contributed by atoms with E-state index in [1.165, 1.54) is 0 Å². The van der Waals surface area contributed by atoms with Crippen LogP contribution in [0, 0.1) is 0 Å². The molecule has 7 heteroatoms. The largest absolute Gasteiger partial charge is 0.494 e. The normalized spacial score (nSPS) is 20.0. The topological polar surface area (TPSA) is 61.8 Å². The standard InChI is InChI=1S/C16H25BO5S/c1-15(2)16(3,4)22-17(21-15)13-8-6-9-14(12-13)23(18,19)11-7-10-20-5/h6,8-9,12H,7,10-11H2,1-5H3. The molecule has 128 valence electrons. The molecule has 0 unspecified atom stereocenters. The molecule has 23 heavy (non-hydrogen) atoms. The molecule has 0 radical (unpaired) electrons. The molecule has 1 heterocycles. The van der Waals surface area contributed by atoms with E-state index in [0.717, 1.165) is 5.46 Å².